The molecule has 1 saturated carbocycles. The maximum atomic E-state index is 12.5. The summed E-state index contributed by atoms with van der Waals surface area (Å²) in [5, 5.41) is 23.3. The first-order valence-electron chi connectivity index (χ1n) is 12.4. The molecule has 2 fully saturated rings. The number of imide groups is 1. The van der Waals surface area contributed by atoms with Crippen LogP contribution in [-0.2, 0) is 4.74 Å². The number of anilines is 1. The number of carbonyl (C=O) groups excluding carboxylic acids is 2. The Hall–Kier alpha value is -3.71. The molecule has 4 atom stereocenters. The zero-order chi connectivity index (χ0) is 27.0. The molecule has 6 rings (SSSR count). The molecule has 0 unspecified atom stereocenters. The molecule has 4 heterocycles. The van der Waals surface area contributed by atoms with Crippen molar-refractivity contribution in [3.05, 3.63) is 60.2 Å². The Bertz CT molecular complexity index is 1470. The number of nitrogens with two attached hydrogens (primary N) is 1. The summed E-state index contributed by atoms with van der Waals surface area (Å²) in [6.45, 7) is 4.57. The second kappa shape index (κ2) is 8.14. The maximum Gasteiger partial charge on any atom is 0.261 e. The minimum Gasteiger partial charge on any atom is -0.383 e. The molecule has 2 aliphatic heterocycles. The van der Waals surface area contributed by atoms with E-state index in [1.165, 1.54) is 17.6 Å². The molecule has 12 nitrogen and oxygen atoms in total. The Morgan fingerprint density at radius 1 is 1.08 bits per heavy atom. The average molecular weight is 520 g/mol. The van der Waals surface area contributed by atoms with Crippen molar-refractivity contribution >= 4 is 28.8 Å². The smallest absolute Gasteiger partial charge is 0.261 e. The van der Waals surface area contributed by atoms with Crippen molar-refractivity contribution in [2.45, 2.75) is 37.4 Å². The van der Waals surface area contributed by atoms with Crippen LogP contribution in [0.1, 0.15) is 40.8 Å². The normalized spacial score (nSPS) is 29.6. The Morgan fingerprint density at radius 2 is 1.76 bits per heavy atom. The Morgan fingerprint density at radius 3 is 2.45 bits per heavy atom. The highest BCUT2D eigenvalue weighted by molar-refractivity contribution is 6.21. The average Bonchev–Trinajstić information content (AvgIpc) is 3.33. The number of aromatic nitrogens is 4. The van der Waals surface area contributed by atoms with Crippen LogP contribution in [0, 0.1) is 5.41 Å². The number of benzene rings is 1. The first kappa shape index (κ1) is 24.6. The van der Waals surface area contributed by atoms with Crippen molar-refractivity contribution in [2.24, 2.45) is 5.41 Å². The van der Waals surface area contributed by atoms with Crippen LogP contribution in [0.25, 0.3) is 11.2 Å². The molecule has 38 heavy (non-hydrogen) atoms. The van der Waals surface area contributed by atoms with Crippen LogP contribution in [0.4, 0.5) is 5.82 Å². The van der Waals surface area contributed by atoms with Crippen LogP contribution >= 0.6 is 0 Å². The van der Waals surface area contributed by atoms with Gasteiger partial charge in [-0.1, -0.05) is 38.1 Å². The molecule has 0 spiro atoms. The van der Waals surface area contributed by atoms with Crippen LogP contribution in [0.3, 0.4) is 0 Å². The van der Waals surface area contributed by atoms with Crippen molar-refractivity contribution < 1.29 is 24.5 Å². The van der Waals surface area contributed by atoms with Crippen LogP contribution < -0.4 is 5.73 Å². The summed E-state index contributed by atoms with van der Waals surface area (Å²) in [5.74, 6) is -0.385. The van der Waals surface area contributed by atoms with Crippen molar-refractivity contribution in [2.75, 3.05) is 32.4 Å². The number of nitrogens with zero attached hydrogens (tertiary/aromatic N) is 6. The Labute approximate surface area is 218 Å². The lowest BCUT2D eigenvalue weighted by atomic mass is 10.0. The fraction of sp³-hybridized carbons (Fsp3) is 0.423. The summed E-state index contributed by atoms with van der Waals surface area (Å²) in [7, 11) is 1.86. The van der Waals surface area contributed by atoms with E-state index in [0.29, 0.717) is 35.4 Å². The van der Waals surface area contributed by atoms with E-state index in [4.69, 9.17) is 10.5 Å². The zero-order valence-electron chi connectivity index (χ0n) is 21.3. The SMILES string of the molecule is CN(C/C=C/CN1C(=O)c2ccccc2C1=O)C[C@H]1O[C@@H](n2cnc3c(N)ncnc32)[C@@]2(O)C(C)(C)[C@@]12O. The molecule has 198 valence electrons. The third-order valence-electron chi connectivity index (χ3n) is 8.41. The van der Waals surface area contributed by atoms with E-state index in [2.05, 4.69) is 15.0 Å². The summed E-state index contributed by atoms with van der Waals surface area (Å²) in [6.07, 6.45) is 4.79. The van der Waals surface area contributed by atoms with Crippen LogP contribution in [0.5, 0.6) is 0 Å². The summed E-state index contributed by atoms with van der Waals surface area (Å²) in [6, 6.07) is 6.79. The molecule has 4 N–H and O–H groups in total. The topological polar surface area (TPSA) is 160 Å². The van der Waals surface area contributed by atoms with Crippen LogP contribution in [-0.4, -0.2) is 95.3 Å². The number of carbonyl (C=O) groups is 2. The molecule has 2 aromatic heterocycles. The number of rotatable bonds is 7. The van der Waals surface area contributed by atoms with Gasteiger partial charge in [-0.05, 0) is 19.2 Å². The number of ether oxygens (including phenoxy) is 1. The lowest BCUT2D eigenvalue weighted by Gasteiger charge is -2.30. The van der Waals surface area contributed by atoms with Gasteiger partial charge in [0, 0.05) is 25.0 Å². The number of hydrogen-bond donors (Lipinski definition) is 3. The third kappa shape index (κ3) is 3.02. The molecule has 0 radical (unpaired) electrons. The molecular weight excluding hydrogens is 490 g/mol. The molecule has 3 aliphatic rings. The third-order valence-corrected chi connectivity index (χ3v) is 8.41. The highest BCUT2D eigenvalue weighted by atomic mass is 16.6. The number of imidazole rings is 1. The fourth-order valence-corrected chi connectivity index (χ4v) is 6.07. The van der Waals surface area contributed by atoms with Gasteiger partial charge in [0.05, 0.1) is 17.5 Å². The molecule has 3 aromatic rings. The van der Waals surface area contributed by atoms with Crippen molar-refractivity contribution in [1.82, 2.24) is 29.3 Å². The van der Waals surface area contributed by atoms with E-state index in [-0.39, 0.29) is 24.2 Å². The second-order valence-electron chi connectivity index (χ2n) is 10.7. The summed E-state index contributed by atoms with van der Waals surface area (Å²) >= 11 is 0. The highest BCUT2D eigenvalue weighted by Gasteiger charge is 2.92. The van der Waals surface area contributed by atoms with E-state index < -0.39 is 28.9 Å². The minimum atomic E-state index is -1.57. The van der Waals surface area contributed by atoms with Gasteiger partial charge in [-0.3, -0.25) is 19.1 Å². The summed E-state index contributed by atoms with van der Waals surface area (Å²) in [5.41, 5.74) is 3.64. The lowest BCUT2D eigenvalue weighted by Crippen LogP contribution is -2.42. The minimum absolute atomic E-state index is 0.164. The predicted octanol–water partition coefficient (Wildman–Crippen LogP) is 0.592. The fourth-order valence-electron chi connectivity index (χ4n) is 6.07. The van der Waals surface area contributed by atoms with E-state index >= 15 is 0 Å². The number of nitrogen functional groups attached to an aromatic ring is 1. The standard InChI is InChI=1S/C26H29N7O5/c1-24(2)25(36)17(38-23(26(24,25)37)33-14-30-18-19(27)28-13-29-20(18)33)12-31(3)10-6-7-11-32-21(34)15-8-4-5-9-16(15)22(32)35/h4-9,13-14,17,23,36-37H,10-12H2,1-3H3,(H2,27,28,29)/b7-6+/t17-,23-,25+,26-/m1/s1. The lowest BCUT2D eigenvalue weighted by molar-refractivity contribution is -0.116. The Kier molecular flexibility index (Phi) is 5.27. The van der Waals surface area contributed by atoms with Gasteiger partial charge in [-0.15, -0.1) is 0 Å². The van der Waals surface area contributed by atoms with Gasteiger partial charge in [0.1, 0.15) is 29.2 Å². The molecule has 1 aliphatic carbocycles. The highest BCUT2D eigenvalue weighted by Crippen LogP contribution is 2.75. The Balaban J connectivity index is 1.14. The second-order valence-corrected chi connectivity index (χ2v) is 10.7. The molecule has 1 aromatic carbocycles. The molecule has 1 saturated heterocycles. The first-order chi connectivity index (χ1) is 18.0. The largest absolute Gasteiger partial charge is 0.383 e. The van der Waals surface area contributed by atoms with Gasteiger partial charge < -0.3 is 25.6 Å². The van der Waals surface area contributed by atoms with Gasteiger partial charge in [-0.2, -0.15) is 0 Å². The number of amides is 2. The molecule has 12 heteroatoms. The van der Waals surface area contributed by atoms with Crippen molar-refractivity contribution in [3.63, 3.8) is 0 Å². The van der Waals surface area contributed by atoms with Gasteiger partial charge in [-0.25, -0.2) is 15.0 Å². The summed E-state index contributed by atoms with van der Waals surface area (Å²) < 4.78 is 7.83. The molecular formula is C26H29N7O5. The van der Waals surface area contributed by atoms with E-state index in [0.717, 1.165) is 0 Å². The van der Waals surface area contributed by atoms with E-state index in [1.807, 2.05) is 18.0 Å². The summed E-state index contributed by atoms with van der Waals surface area (Å²) in [4.78, 5) is 40.7. The van der Waals surface area contributed by atoms with Crippen molar-refractivity contribution in [3.8, 4) is 0 Å². The number of fused-ring (bicyclic) bond motifs is 3. The van der Waals surface area contributed by atoms with Crippen molar-refractivity contribution in [1.29, 1.82) is 0 Å². The van der Waals surface area contributed by atoms with Crippen LogP contribution in [0.15, 0.2) is 49.1 Å². The number of likely N-dealkylation sites (N-methyl/N-ethyl adjacent to an activating group) is 1. The molecule has 2 amide bonds. The van der Waals surface area contributed by atoms with Gasteiger partial charge in [0.25, 0.3) is 11.8 Å². The van der Waals surface area contributed by atoms with E-state index in [1.54, 1.807) is 48.8 Å². The monoisotopic (exact) mass is 519 g/mol. The van der Waals surface area contributed by atoms with Crippen LogP contribution in [0.2, 0.25) is 0 Å². The predicted molar refractivity (Wildman–Crippen MR) is 136 cm³/mol. The first-order valence-corrected chi connectivity index (χ1v) is 12.4. The maximum absolute atomic E-state index is 12.5. The molecule has 0 bridgehead atoms. The zero-order valence-corrected chi connectivity index (χ0v) is 21.3. The number of aliphatic hydroxyl groups is 2. The van der Waals surface area contributed by atoms with Gasteiger partial charge in [0.2, 0.25) is 0 Å². The van der Waals surface area contributed by atoms with Gasteiger partial charge in [0.15, 0.2) is 17.7 Å². The van der Waals surface area contributed by atoms with E-state index in [9.17, 15) is 19.8 Å². The quantitative estimate of drug-likeness (QED) is 0.298. The number of hydrogen-bond acceptors (Lipinski definition) is 10. The van der Waals surface area contributed by atoms with Gasteiger partial charge >= 0.3 is 0 Å².